The predicted octanol–water partition coefficient (Wildman–Crippen LogP) is 1.65. The molecule has 0 saturated carbocycles. The first-order valence-electron chi connectivity index (χ1n) is 2.89. The maximum Gasteiger partial charge on any atom is 2.00 e. The van der Waals surface area contributed by atoms with Gasteiger partial charge >= 0.3 is 21.1 Å². The van der Waals surface area contributed by atoms with Crippen molar-refractivity contribution in [2.24, 2.45) is 0 Å². The molecule has 0 radical (unpaired) electrons. The topological polar surface area (TPSA) is 73.5 Å². The number of nitrogens with zero attached hydrogens (tertiary/aromatic N) is 1. The van der Waals surface area contributed by atoms with Crippen LogP contribution in [0.15, 0.2) is 17.7 Å². The molecule has 1 aliphatic carbocycles. The van der Waals surface area contributed by atoms with Crippen LogP contribution in [0.2, 0.25) is 0 Å². The third kappa shape index (κ3) is 24.7. The summed E-state index contributed by atoms with van der Waals surface area (Å²) in [6.45, 7) is 6.06. The number of allylic oxidation sites excluding steroid dienone is 4. The molecule has 0 aromatic carbocycles. The zero-order valence-corrected chi connectivity index (χ0v) is 10.3. The molecule has 0 unspecified atom stereocenters. The molecule has 0 aliphatic heterocycles. The van der Waals surface area contributed by atoms with E-state index in [2.05, 4.69) is 25.2 Å². The summed E-state index contributed by atoms with van der Waals surface area (Å²) in [5.74, 6) is 0. The molecule has 0 N–H and O–H groups in total. The molecule has 1 rings (SSSR count). The van der Waals surface area contributed by atoms with Gasteiger partial charge in [-0.05, 0) is 0 Å². The Labute approximate surface area is 92.1 Å². The summed E-state index contributed by atoms with van der Waals surface area (Å²) >= 11 is 0. The molecule has 0 aromatic rings. The molecule has 1 aliphatic rings. The van der Waals surface area contributed by atoms with Gasteiger partial charge in [0.05, 0.1) is 0 Å². The van der Waals surface area contributed by atoms with Crippen LogP contribution in [0.5, 0.6) is 0 Å². The van der Waals surface area contributed by atoms with Crippen LogP contribution in [0.3, 0.4) is 0 Å². The van der Waals surface area contributed by atoms with Crippen LogP contribution in [0.1, 0.15) is 13.3 Å². The average molecular weight is 353 g/mol. The Hall–Kier alpha value is -0.892. The van der Waals surface area contributed by atoms with Gasteiger partial charge in [-0.25, -0.2) is 11.6 Å². The molecule has 5 heteroatoms. The van der Waals surface area contributed by atoms with Gasteiger partial charge in [0, 0.05) is 0 Å². The van der Waals surface area contributed by atoms with E-state index in [-0.39, 0.29) is 21.1 Å². The van der Waals surface area contributed by atoms with Crippen molar-refractivity contribution in [3.8, 4) is 0 Å². The van der Waals surface area contributed by atoms with Crippen LogP contribution in [-0.2, 0) is 30.7 Å². The number of hydrogen-bond donors (Lipinski definition) is 0. The van der Waals surface area contributed by atoms with Crippen LogP contribution in [0.25, 0.3) is 5.59 Å². The maximum absolute atomic E-state index is 8.00. The van der Waals surface area contributed by atoms with Gasteiger partial charge in [0.2, 0.25) is 0 Å². The minimum atomic E-state index is 0. The third-order valence-electron chi connectivity index (χ3n) is 0.867. The number of hydrogen-bond acceptors (Lipinski definition) is 3. The van der Waals surface area contributed by atoms with Gasteiger partial charge < -0.3 is 20.1 Å². The van der Waals surface area contributed by atoms with Crippen LogP contribution in [-0.4, -0.2) is 13.6 Å². The molecule has 72 valence electrons. The Bertz CT molecular complexity index is 141. The largest absolute Gasteiger partial charge is 2.00 e. The smallest absolute Gasteiger partial charge is 0.577 e. The summed E-state index contributed by atoms with van der Waals surface area (Å²) < 4.78 is 0. The van der Waals surface area contributed by atoms with Crippen molar-refractivity contribution in [1.29, 1.82) is 0 Å². The molecule has 0 heterocycles. The van der Waals surface area contributed by atoms with E-state index in [1.165, 1.54) is 5.57 Å². The molecule has 0 amide bonds. The van der Waals surface area contributed by atoms with Gasteiger partial charge in [-0.3, -0.25) is 6.08 Å². The number of carbonyl (C=O) groups excluding carboxylic acids is 2. The summed E-state index contributed by atoms with van der Waals surface area (Å²) in [5, 5.41) is 0. The van der Waals surface area contributed by atoms with Gasteiger partial charge in [-0.1, -0.05) is 6.92 Å². The number of rotatable bonds is 0. The molecule has 0 saturated heterocycles. The second-order valence-electron chi connectivity index (χ2n) is 1.47. The molecular formula is C8H11NO3W. The number of carbonyl (C=O) groups is 2. The Balaban J connectivity index is -0.0000000508. The normalized spacial score (nSPS) is 9.46. The van der Waals surface area contributed by atoms with E-state index >= 15 is 0 Å². The second kappa shape index (κ2) is 30.4. The first-order chi connectivity index (χ1) is 5.89. The van der Waals surface area contributed by atoms with E-state index in [9.17, 15) is 0 Å². The van der Waals surface area contributed by atoms with E-state index in [0.29, 0.717) is 0 Å². The average Bonchev–Trinajstić information content (AvgIpc) is 2.66. The summed E-state index contributed by atoms with van der Waals surface area (Å²) in [7, 11) is 0. The van der Waals surface area contributed by atoms with E-state index in [1.54, 1.807) is 0 Å². The van der Waals surface area contributed by atoms with Crippen LogP contribution < -0.4 is 0 Å². The van der Waals surface area contributed by atoms with Gasteiger partial charge in [0.15, 0.2) is 0 Å². The summed E-state index contributed by atoms with van der Waals surface area (Å²) in [6.07, 6.45) is 8.33. The minimum absolute atomic E-state index is 0. The quantitative estimate of drug-likeness (QED) is 0.622. The molecule has 0 atom stereocenters. The fraction of sp³-hybridized carbons (Fsp3) is 0.250. The van der Waals surface area contributed by atoms with Crippen molar-refractivity contribution in [3.05, 3.63) is 34.3 Å². The van der Waals surface area contributed by atoms with Crippen LogP contribution in [0.4, 0.5) is 0 Å². The maximum atomic E-state index is 8.00. The predicted molar refractivity (Wildman–Crippen MR) is 47.2 cm³/mol. The third-order valence-corrected chi connectivity index (χ3v) is 0.867. The van der Waals surface area contributed by atoms with Crippen molar-refractivity contribution >= 4 is 13.6 Å². The fourth-order valence-corrected chi connectivity index (χ4v) is 0.515. The Kier molecular flexibility index (Phi) is 53.2. The molecule has 0 aromatic heterocycles. The summed E-state index contributed by atoms with van der Waals surface area (Å²) in [5.41, 5.74) is 7.02. The van der Waals surface area contributed by atoms with Crippen LogP contribution >= 0.6 is 0 Å². The minimum Gasteiger partial charge on any atom is -0.577 e. The van der Waals surface area contributed by atoms with Gasteiger partial charge in [0.25, 0.3) is 0 Å². The summed E-state index contributed by atoms with van der Waals surface area (Å²) in [4.78, 5) is 23.2. The number of nitroso groups, excluding NO2 is 1. The first-order valence-corrected chi connectivity index (χ1v) is 2.89. The van der Waals surface area contributed by atoms with Crippen molar-refractivity contribution in [3.63, 3.8) is 0 Å². The molecule has 13 heavy (non-hydrogen) atoms. The zero-order valence-electron chi connectivity index (χ0n) is 7.36. The fourth-order valence-electron chi connectivity index (χ4n) is 0.515. The molecule has 4 nitrogen and oxygen atoms in total. The SMILES string of the molecule is C=O.C=O.CC1=[C-]CC=C1.[N-]=O.[W+2]. The van der Waals surface area contributed by atoms with Crippen molar-refractivity contribution < 1.29 is 30.7 Å². The molecule has 0 spiro atoms. The van der Waals surface area contributed by atoms with E-state index in [4.69, 9.17) is 20.1 Å². The van der Waals surface area contributed by atoms with Gasteiger partial charge in [0.1, 0.15) is 13.6 Å². The van der Waals surface area contributed by atoms with E-state index in [0.717, 1.165) is 6.42 Å². The molecule has 0 fully saturated rings. The zero-order chi connectivity index (χ0) is 10.4. The Morgan fingerprint density at radius 1 is 1.31 bits per heavy atom. The molecule has 0 bridgehead atoms. The standard InChI is InChI=1S/C6H7.2CH2O.NO.W/c1-6-4-2-3-5-6;3*1-2;/h2,4H,3H2,1H3;2*1H2;;/q-1;;;-1;+2. The monoisotopic (exact) mass is 353 g/mol. The van der Waals surface area contributed by atoms with Gasteiger partial charge in [-0.15, -0.1) is 6.42 Å². The van der Waals surface area contributed by atoms with Crippen LogP contribution in [0, 0.1) is 11.0 Å². The summed E-state index contributed by atoms with van der Waals surface area (Å²) in [6, 6.07) is 0. The van der Waals surface area contributed by atoms with Gasteiger partial charge in [-0.2, -0.15) is 6.08 Å². The Morgan fingerprint density at radius 3 is 1.77 bits per heavy atom. The Morgan fingerprint density at radius 2 is 1.69 bits per heavy atom. The second-order valence-corrected chi connectivity index (χ2v) is 1.47. The first kappa shape index (κ1) is 22.7. The van der Waals surface area contributed by atoms with Crippen molar-refractivity contribution in [2.45, 2.75) is 13.3 Å². The van der Waals surface area contributed by atoms with E-state index < -0.39 is 0 Å². The van der Waals surface area contributed by atoms with E-state index in [1.807, 2.05) is 13.6 Å². The molecular weight excluding hydrogens is 342 g/mol. The van der Waals surface area contributed by atoms with Crippen molar-refractivity contribution in [1.82, 2.24) is 0 Å². The van der Waals surface area contributed by atoms with Crippen molar-refractivity contribution in [2.75, 3.05) is 0 Å².